The van der Waals surface area contributed by atoms with Crippen LogP contribution >= 0.6 is 0 Å². The number of nitrogens with two attached hydrogens (primary N) is 1. The van der Waals surface area contributed by atoms with Crippen molar-refractivity contribution in [3.05, 3.63) is 29.8 Å². The predicted octanol–water partition coefficient (Wildman–Crippen LogP) is -0.334. The van der Waals surface area contributed by atoms with Gasteiger partial charge in [0, 0.05) is 6.20 Å². The van der Waals surface area contributed by atoms with Crippen molar-refractivity contribution in [2.45, 2.75) is 12.1 Å². The molecule has 0 saturated heterocycles. The number of hydrogen-bond donors (Lipinski definition) is 3. The molecule has 1 aromatic rings. The van der Waals surface area contributed by atoms with E-state index in [1.54, 1.807) is 0 Å². The van der Waals surface area contributed by atoms with E-state index in [1.807, 2.05) is 0 Å². The number of carbonyl (C=O) groups is 1. The normalized spacial score (nSPS) is 14.8. The summed E-state index contributed by atoms with van der Waals surface area (Å²) in [5, 5.41) is 17.8. The standard InChI is InChI=1S/C8H9FN2O3/c9-4-1-2-11-5(3-4)7(12)6(10)8(13)14/h1-3,6-7,12H,10H2,(H,13,14). The molecular weight excluding hydrogens is 191 g/mol. The second-order valence-electron chi connectivity index (χ2n) is 2.71. The SMILES string of the molecule is NC(C(=O)O)C(O)c1cc(F)ccn1. The van der Waals surface area contributed by atoms with Gasteiger partial charge in [0.25, 0.3) is 0 Å². The first-order valence-electron chi connectivity index (χ1n) is 3.80. The van der Waals surface area contributed by atoms with Gasteiger partial charge in [0.1, 0.15) is 18.0 Å². The quantitative estimate of drug-likeness (QED) is 0.620. The first-order valence-corrected chi connectivity index (χ1v) is 3.80. The molecule has 6 heteroatoms. The maximum absolute atomic E-state index is 12.7. The Morgan fingerprint density at radius 3 is 2.79 bits per heavy atom. The topological polar surface area (TPSA) is 96.4 Å². The van der Waals surface area contributed by atoms with E-state index in [-0.39, 0.29) is 5.69 Å². The van der Waals surface area contributed by atoms with E-state index in [2.05, 4.69) is 4.98 Å². The fourth-order valence-corrected chi connectivity index (χ4v) is 0.902. The molecule has 0 radical (unpaired) electrons. The summed E-state index contributed by atoms with van der Waals surface area (Å²) in [5.74, 6) is -1.98. The second kappa shape index (κ2) is 4.12. The molecule has 0 aliphatic heterocycles. The third-order valence-electron chi connectivity index (χ3n) is 1.67. The first-order chi connectivity index (χ1) is 6.52. The van der Waals surface area contributed by atoms with Crippen molar-refractivity contribution in [3.63, 3.8) is 0 Å². The molecule has 0 amide bonds. The Morgan fingerprint density at radius 2 is 2.29 bits per heavy atom. The molecule has 1 rings (SSSR count). The van der Waals surface area contributed by atoms with Crippen molar-refractivity contribution in [2.75, 3.05) is 0 Å². The molecule has 14 heavy (non-hydrogen) atoms. The average Bonchev–Trinajstić information content (AvgIpc) is 2.15. The molecule has 0 spiro atoms. The Morgan fingerprint density at radius 1 is 1.64 bits per heavy atom. The van der Waals surface area contributed by atoms with Gasteiger partial charge in [0.15, 0.2) is 0 Å². The highest BCUT2D eigenvalue weighted by atomic mass is 19.1. The number of halogens is 1. The molecule has 76 valence electrons. The maximum Gasteiger partial charge on any atom is 0.323 e. The number of aliphatic hydroxyl groups excluding tert-OH is 1. The molecule has 0 aliphatic carbocycles. The lowest BCUT2D eigenvalue weighted by Gasteiger charge is -2.13. The molecule has 0 fully saturated rings. The Kier molecular flexibility index (Phi) is 3.10. The molecule has 5 nitrogen and oxygen atoms in total. The van der Waals surface area contributed by atoms with Gasteiger partial charge in [-0.1, -0.05) is 0 Å². The molecule has 1 heterocycles. The number of pyridine rings is 1. The number of aliphatic hydroxyl groups is 1. The average molecular weight is 200 g/mol. The minimum atomic E-state index is -1.51. The summed E-state index contributed by atoms with van der Waals surface area (Å²) in [6, 6.07) is 0.514. The molecule has 4 N–H and O–H groups in total. The monoisotopic (exact) mass is 200 g/mol. The van der Waals surface area contributed by atoms with Gasteiger partial charge >= 0.3 is 5.97 Å². The van der Waals surface area contributed by atoms with Crippen LogP contribution < -0.4 is 5.73 Å². The number of carboxylic acids is 1. The Balaban J connectivity index is 2.89. The van der Waals surface area contributed by atoms with Gasteiger partial charge < -0.3 is 15.9 Å². The Bertz CT molecular complexity index is 345. The molecule has 0 saturated carbocycles. The van der Waals surface area contributed by atoms with Gasteiger partial charge in [-0.2, -0.15) is 0 Å². The van der Waals surface area contributed by atoms with Crippen molar-refractivity contribution in [3.8, 4) is 0 Å². The summed E-state index contributed by atoms with van der Waals surface area (Å²) in [5.41, 5.74) is 5.03. The van der Waals surface area contributed by atoms with E-state index < -0.39 is 23.9 Å². The van der Waals surface area contributed by atoms with Crippen molar-refractivity contribution in [1.82, 2.24) is 4.98 Å². The summed E-state index contributed by atoms with van der Waals surface area (Å²) in [6.45, 7) is 0. The highest BCUT2D eigenvalue weighted by molar-refractivity contribution is 5.74. The van der Waals surface area contributed by atoms with Crippen LogP contribution in [0.2, 0.25) is 0 Å². The van der Waals surface area contributed by atoms with Crippen LogP contribution in [0.1, 0.15) is 11.8 Å². The summed E-state index contributed by atoms with van der Waals surface area (Å²) in [4.78, 5) is 14.0. The van der Waals surface area contributed by atoms with Crippen molar-refractivity contribution >= 4 is 5.97 Å². The molecular formula is C8H9FN2O3. The van der Waals surface area contributed by atoms with E-state index in [1.165, 1.54) is 0 Å². The van der Waals surface area contributed by atoms with Crippen LogP contribution in [0.5, 0.6) is 0 Å². The zero-order valence-electron chi connectivity index (χ0n) is 7.09. The Labute approximate surface area is 79.0 Å². The molecule has 0 bridgehead atoms. The van der Waals surface area contributed by atoms with Crippen LogP contribution in [0.15, 0.2) is 18.3 Å². The Hall–Kier alpha value is -1.53. The zero-order valence-corrected chi connectivity index (χ0v) is 7.09. The highest BCUT2D eigenvalue weighted by Crippen LogP contribution is 2.13. The fourth-order valence-electron chi connectivity index (χ4n) is 0.902. The summed E-state index contributed by atoms with van der Waals surface area (Å²) >= 11 is 0. The molecule has 0 aromatic carbocycles. The second-order valence-corrected chi connectivity index (χ2v) is 2.71. The van der Waals surface area contributed by atoms with E-state index in [0.717, 1.165) is 18.3 Å². The summed E-state index contributed by atoms with van der Waals surface area (Å²) < 4.78 is 12.7. The molecule has 0 aliphatic rings. The third-order valence-corrected chi connectivity index (χ3v) is 1.67. The number of rotatable bonds is 3. The van der Waals surface area contributed by atoms with Crippen molar-refractivity contribution in [1.29, 1.82) is 0 Å². The third kappa shape index (κ3) is 2.24. The molecule has 2 unspecified atom stereocenters. The van der Waals surface area contributed by atoms with Gasteiger partial charge in [-0.05, 0) is 12.1 Å². The zero-order chi connectivity index (χ0) is 10.7. The number of nitrogens with zero attached hydrogens (tertiary/aromatic N) is 1. The lowest BCUT2D eigenvalue weighted by Crippen LogP contribution is -2.36. The van der Waals surface area contributed by atoms with Gasteiger partial charge in [-0.25, -0.2) is 4.39 Å². The number of carboxylic acid groups (broad SMARTS) is 1. The van der Waals surface area contributed by atoms with Crippen LogP contribution in [-0.2, 0) is 4.79 Å². The first kappa shape index (κ1) is 10.6. The van der Waals surface area contributed by atoms with Crippen LogP contribution in [0.4, 0.5) is 4.39 Å². The van der Waals surface area contributed by atoms with E-state index in [4.69, 9.17) is 10.8 Å². The maximum atomic E-state index is 12.7. The van der Waals surface area contributed by atoms with Crippen LogP contribution in [0, 0.1) is 5.82 Å². The number of aliphatic carboxylic acids is 1. The largest absolute Gasteiger partial charge is 0.480 e. The highest BCUT2D eigenvalue weighted by Gasteiger charge is 2.24. The lowest BCUT2D eigenvalue weighted by molar-refractivity contribution is -0.141. The van der Waals surface area contributed by atoms with Gasteiger partial charge in [-0.15, -0.1) is 0 Å². The fraction of sp³-hybridized carbons (Fsp3) is 0.250. The van der Waals surface area contributed by atoms with Crippen LogP contribution in [0.3, 0.4) is 0 Å². The number of hydrogen-bond acceptors (Lipinski definition) is 4. The summed E-state index contributed by atoms with van der Waals surface area (Å²) in [7, 11) is 0. The van der Waals surface area contributed by atoms with Crippen LogP contribution in [0.25, 0.3) is 0 Å². The predicted molar refractivity (Wildman–Crippen MR) is 44.8 cm³/mol. The lowest BCUT2D eigenvalue weighted by atomic mass is 10.1. The summed E-state index contributed by atoms with van der Waals surface area (Å²) in [6.07, 6.45) is -0.383. The van der Waals surface area contributed by atoms with Gasteiger partial charge in [0.05, 0.1) is 5.69 Å². The van der Waals surface area contributed by atoms with Crippen molar-refractivity contribution in [2.24, 2.45) is 5.73 Å². The van der Waals surface area contributed by atoms with Gasteiger partial charge in [0.2, 0.25) is 0 Å². The van der Waals surface area contributed by atoms with E-state index in [9.17, 15) is 14.3 Å². The van der Waals surface area contributed by atoms with E-state index >= 15 is 0 Å². The molecule has 2 atom stereocenters. The number of aromatic nitrogens is 1. The van der Waals surface area contributed by atoms with E-state index in [0.29, 0.717) is 0 Å². The minimum Gasteiger partial charge on any atom is -0.480 e. The smallest absolute Gasteiger partial charge is 0.323 e. The van der Waals surface area contributed by atoms with Gasteiger partial charge in [-0.3, -0.25) is 9.78 Å². The molecule has 1 aromatic heterocycles. The van der Waals surface area contributed by atoms with Crippen LogP contribution in [-0.4, -0.2) is 27.2 Å². The van der Waals surface area contributed by atoms with Crippen molar-refractivity contribution < 1.29 is 19.4 Å². The minimum absolute atomic E-state index is 0.0973.